The maximum atomic E-state index is 6.11. The highest BCUT2D eigenvalue weighted by atomic mass is 79.9. The summed E-state index contributed by atoms with van der Waals surface area (Å²) in [6.45, 7) is 2.74. The van der Waals surface area contributed by atoms with Crippen molar-refractivity contribution >= 4 is 33.2 Å². The first-order valence-corrected chi connectivity index (χ1v) is 7.74. The van der Waals surface area contributed by atoms with E-state index in [1.54, 1.807) is 0 Å². The summed E-state index contributed by atoms with van der Waals surface area (Å²) < 4.78 is 1.16. The molecule has 0 atom stereocenters. The summed E-state index contributed by atoms with van der Waals surface area (Å²) in [5, 5.41) is 4.12. The highest BCUT2D eigenvalue weighted by Crippen LogP contribution is 2.20. The van der Waals surface area contributed by atoms with Gasteiger partial charge in [0, 0.05) is 24.1 Å². The summed E-state index contributed by atoms with van der Waals surface area (Å²) in [6, 6.07) is 16.1. The Morgan fingerprint density at radius 1 is 1.10 bits per heavy atom. The Bertz CT molecular complexity index is 560. The van der Waals surface area contributed by atoms with Gasteiger partial charge in [0.05, 0.1) is 10.7 Å². The standard InChI is InChI=1S/C16H18BrClN2/c1-20(12-13-6-2-3-7-14(13)17)11-10-19-16-9-5-4-8-15(16)18/h2-9,19H,10-12H2,1H3. The maximum absolute atomic E-state index is 6.11. The number of hydrogen-bond donors (Lipinski definition) is 1. The second kappa shape index (κ2) is 7.67. The number of rotatable bonds is 6. The summed E-state index contributed by atoms with van der Waals surface area (Å²) in [4.78, 5) is 2.28. The molecule has 2 rings (SSSR count). The molecule has 0 fully saturated rings. The molecule has 0 radical (unpaired) electrons. The Kier molecular flexibility index (Phi) is 5.89. The van der Waals surface area contributed by atoms with Gasteiger partial charge < -0.3 is 10.2 Å². The van der Waals surface area contributed by atoms with Crippen LogP contribution < -0.4 is 5.32 Å². The number of likely N-dealkylation sites (N-methyl/N-ethyl adjacent to an activating group) is 1. The van der Waals surface area contributed by atoms with Gasteiger partial charge in [-0.1, -0.05) is 57.9 Å². The van der Waals surface area contributed by atoms with E-state index in [-0.39, 0.29) is 0 Å². The first kappa shape index (κ1) is 15.4. The lowest BCUT2D eigenvalue weighted by Crippen LogP contribution is -2.25. The molecule has 0 aromatic heterocycles. The van der Waals surface area contributed by atoms with Crippen molar-refractivity contribution in [2.75, 3.05) is 25.5 Å². The van der Waals surface area contributed by atoms with Crippen LogP contribution in [0.3, 0.4) is 0 Å². The minimum atomic E-state index is 0.765. The number of hydrogen-bond acceptors (Lipinski definition) is 2. The topological polar surface area (TPSA) is 15.3 Å². The predicted molar refractivity (Wildman–Crippen MR) is 90.4 cm³/mol. The molecule has 0 heterocycles. The molecule has 20 heavy (non-hydrogen) atoms. The van der Waals surface area contributed by atoms with E-state index in [0.29, 0.717) is 0 Å². The molecule has 0 aliphatic carbocycles. The van der Waals surface area contributed by atoms with Gasteiger partial charge in [0.1, 0.15) is 0 Å². The number of para-hydroxylation sites is 1. The van der Waals surface area contributed by atoms with Gasteiger partial charge in [-0.15, -0.1) is 0 Å². The van der Waals surface area contributed by atoms with Crippen molar-refractivity contribution in [3.63, 3.8) is 0 Å². The normalized spacial score (nSPS) is 10.8. The zero-order valence-corrected chi connectivity index (χ0v) is 13.8. The van der Waals surface area contributed by atoms with Crippen molar-refractivity contribution in [2.45, 2.75) is 6.54 Å². The monoisotopic (exact) mass is 352 g/mol. The van der Waals surface area contributed by atoms with Crippen molar-refractivity contribution in [3.05, 3.63) is 63.6 Å². The lowest BCUT2D eigenvalue weighted by atomic mass is 10.2. The molecular formula is C16H18BrClN2. The molecule has 4 heteroatoms. The van der Waals surface area contributed by atoms with Crippen LogP contribution in [0.4, 0.5) is 5.69 Å². The van der Waals surface area contributed by atoms with E-state index >= 15 is 0 Å². The van der Waals surface area contributed by atoms with E-state index in [2.05, 4.69) is 51.4 Å². The molecule has 0 bridgehead atoms. The van der Waals surface area contributed by atoms with Crippen molar-refractivity contribution in [2.24, 2.45) is 0 Å². The van der Waals surface area contributed by atoms with Gasteiger partial charge in [0.25, 0.3) is 0 Å². The molecule has 2 nitrogen and oxygen atoms in total. The van der Waals surface area contributed by atoms with Crippen LogP contribution in [-0.2, 0) is 6.54 Å². The molecule has 106 valence electrons. The molecule has 0 amide bonds. The third-order valence-electron chi connectivity index (χ3n) is 3.08. The van der Waals surface area contributed by atoms with Crippen LogP contribution in [0.1, 0.15) is 5.56 Å². The van der Waals surface area contributed by atoms with E-state index in [1.165, 1.54) is 5.56 Å². The zero-order chi connectivity index (χ0) is 14.4. The Labute approximate surface area is 133 Å². The van der Waals surface area contributed by atoms with Crippen LogP contribution in [0.2, 0.25) is 5.02 Å². The third-order valence-corrected chi connectivity index (χ3v) is 4.18. The zero-order valence-electron chi connectivity index (χ0n) is 11.4. The second-order valence-electron chi connectivity index (χ2n) is 4.74. The van der Waals surface area contributed by atoms with Gasteiger partial charge in [0.15, 0.2) is 0 Å². The quantitative estimate of drug-likeness (QED) is 0.813. The average Bonchev–Trinajstić information content (AvgIpc) is 2.43. The largest absolute Gasteiger partial charge is 0.383 e. The smallest absolute Gasteiger partial charge is 0.0637 e. The highest BCUT2D eigenvalue weighted by molar-refractivity contribution is 9.10. The second-order valence-corrected chi connectivity index (χ2v) is 6.00. The van der Waals surface area contributed by atoms with E-state index in [9.17, 15) is 0 Å². The van der Waals surface area contributed by atoms with Gasteiger partial charge in [0.2, 0.25) is 0 Å². The first-order valence-electron chi connectivity index (χ1n) is 6.57. The summed E-state index contributed by atoms with van der Waals surface area (Å²) in [6.07, 6.45) is 0. The average molecular weight is 354 g/mol. The van der Waals surface area contributed by atoms with Crippen LogP contribution in [0, 0.1) is 0 Å². The van der Waals surface area contributed by atoms with Crippen LogP contribution >= 0.6 is 27.5 Å². The van der Waals surface area contributed by atoms with Gasteiger partial charge in [-0.2, -0.15) is 0 Å². The van der Waals surface area contributed by atoms with Crippen molar-refractivity contribution < 1.29 is 0 Å². The molecule has 0 spiro atoms. The summed E-state index contributed by atoms with van der Waals surface area (Å²) in [5.41, 5.74) is 2.29. The molecule has 1 N–H and O–H groups in total. The van der Waals surface area contributed by atoms with E-state index in [1.807, 2.05) is 30.3 Å². The molecule has 0 saturated heterocycles. The van der Waals surface area contributed by atoms with Crippen LogP contribution in [0.5, 0.6) is 0 Å². The molecule has 0 unspecified atom stereocenters. The molecule has 2 aromatic carbocycles. The van der Waals surface area contributed by atoms with Gasteiger partial charge in [-0.25, -0.2) is 0 Å². The van der Waals surface area contributed by atoms with Crippen molar-refractivity contribution in [1.82, 2.24) is 4.90 Å². The van der Waals surface area contributed by atoms with E-state index in [0.717, 1.165) is 34.8 Å². The van der Waals surface area contributed by atoms with Gasteiger partial charge in [-0.3, -0.25) is 0 Å². The van der Waals surface area contributed by atoms with Gasteiger partial charge in [-0.05, 0) is 30.8 Å². The first-order chi connectivity index (χ1) is 9.66. The number of nitrogens with zero attached hydrogens (tertiary/aromatic N) is 1. The minimum Gasteiger partial charge on any atom is -0.383 e. The number of nitrogens with one attached hydrogen (secondary N) is 1. The Morgan fingerprint density at radius 3 is 2.55 bits per heavy atom. The van der Waals surface area contributed by atoms with Crippen LogP contribution in [-0.4, -0.2) is 25.0 Å². The minimum absolute atomic E-state index is 0.765. The fourth-order valence-corrected chi connectivity index (χ4v) is 2.60. The van der Waals surface area contributed by atoms with Crippen molar-refractivity contribution in [3.8, 4) is 0 Å². The van der Waals surface area contributed by atoms with E-state index in [4.69, 9.17) is 11.6 Å². The predicted octanol–water partition coefficient (Wildman–Crippen LogP) is 4.65. The number of anilines is 1. The van der Waals surface area contributed by atoms with Crippen LogP contribution in [0.15, 0.2) is 53.0 Å². The SMILES string of the molecule is CN(CCNc1ccccc1Cl)Cc1ccccc1Br. The van der Waals surface area contributed by atoms with Gasteiger partial charge >= 0.3 is 0 Å². The number of benzene rings is 2. The fourth-order valence-electron chi connectivity index (χ4n) is 1.98. The summed E-state index contributed by atoms with van der Waals surface area (Å²) >= 11 is 9.69. The molecular weight excluding hydrogens is 336 g/mol. The molecule has 0 aliphatic heterocycles. The fraction of sp³-hybridized carbons (Fsp3) is 0.250. The summed E-state index contributed by atoms with van der Waals surface area (Å²) in [5.74, 6) is 0. The molecule has 0 aliphatic rings. The Balaban J connectivity index is 1.80. The Hall–Kier alpha value is -1.03. The summed E-state index contributed by atoms with van der Waals surface area (Å²) in [7, 11) is 2.12. The third kappa shape index (κ3) is 4.51. The lowest BCUT2D eigenvalue weighted by Gasteiger charge is -2.18. The molecule has 2 aromatic rings. The number of halogens is 2. The Morgan fingerprint density at radius 2 is 1.80 bits per heavy atom. The van der Waals surface area contributed by atoms with Crippen LogP contribution in [0.25, 0.3) is 0 Å². The highest BCUT2D eigenvalue weighted by Gasteiger charge is 2.04. The molecule has 0 saturated carbocycles. The lowest BCUT2D eigenvalue weighted by molar-refractivity contribution is 0.339. The van der Waals surface area contributed by atoms with Crippen molar-refractivity contribution in [1.29, 1.82) is 0 Å². The van der Waals surface area contributed by atoms with E-state index < -0.39 is 0 Å². The maximum Gasteiger partial charge on any atom is 0.0637 e.